The number of hydrogen-bond donors (Lipinski definition) is 3. The SMILES string of the molecule is CC1OC(c2c[nH]c3c(=O)[nH]c4ccc(-c5cc(S(C)(=O)=O)ccc5N)cc4c23)O1. The van der Waals surface area contributed by atoms with E-state index in [4.69, 9.17) is 15.2 Å². The van der Waals surface area contributed by atoms with Crippen molar-refractivity contribution in [2.45, 2.75) is 24.4 Å². The van der Waals surface area contributed by atoms with Crippen LogP contribution in [-0.4, -0.2) is 30.9 Å². The zero-order valence-electron chi connectivity index (χ0n) is 16.2. The fourth-order valence-electron chi connectivity index (χ4n) is 3.83. The normalized spacial score (nSPS) is 19.3. The Morgan fingerprint density at radius 3 is 2.57 bits per heavy atom. The Hall–Kier alpha value is -3.14. The highest BCUT2D eigenvalue weighted by molar-refractivity contribution is 7.90. The van der Waals surface area contributed by atoms with E-state index in [2.05, 4.69) is 9.97 Å². The molecule has 0 atom stereocenters. The second-order valence-electron chi connectivity index (χ2n) is 7.40. The topological polar surface area (TPSA) is 127 Å². The van der Waals surface area contributed by atoms with Gasteiger partial charge in [0.1, 0.15) is 5.52 Å². The van der Waals surface area contributed by atoms with Crippen LogP contribution in [0.15, 0.2) is 52.3 Å². The fourth-order valence-corrected chi connectivity index (χ4v) is 4.47. The molecule has 0 amide bonds. The van der Waals surface area contributed by atoms with Crippen molar-refractivity contribution in [3.05, 3.63) is 58.5 Å². The predicted molar refractivity (Wildman–Crippen MR) is 114 cm³/mol. The van der Waals surface area contributed by atoms with Crippen LogP contribution in [0.25, 0.3) is 32.9 Å². The molecule has 1 saturated heterocycles. The van der Waals surface area contributed by atoms with Crippen LogP contribution < -0.4 is 11.3 Å². The van der Waals surface area contributed by atoms with Gasteiger partial charge in [-0.25, -0.2) is 8.42 Å². The average Bonchev–Trinajstić information content (AvgIpc) is 3.10. The molecule has 2 aromatic carbocycles. The van der Waals surface area contributed by atoms with Crippen LogP contribution in [0.4, 0.5) is 5.69 Å². The molecule has 3 heterocycles. The van der Waals surface area contributed by atoms with Gasteiger partial charge in [0.2, 0.25) is 0 Å². The number of sulfone groups is 1. The van der Waals surface area contributed by atoms with E-state index < -0.39 is 16.1 Å². The molecule has 1 fully saturated rings. The van der Waals surface area contributed by atoms with Gasteiger partial charge in [-0.1, -0.05) is 6.07 Å². The number of benzene rings is 2. The minimum Gasteiger partial charge on any atom is -0.398 e. The number of fused-ring (bicyclic) bond motifs is 3. The number of nitrogens with two attached hydrogens (primary N) is 1. The summed E-state index contributed by atoms with van der Waals surface area (Å²) in [4.78, 5) is 18.6. The number of H-pyrrole nitrogens is 2. The van der Waals surface area contributed by atoms with Crippen molar-refractivity contribution in [3.63, 3.8) is 0 Å². The lowest BCUT2D eigenvalue weighted by Gasteiger charge is -2.33. The minimum absolute atomic E-state index is 0.186. The molecule has 1 aliphatic heterocycles. The number of ether oxygens (including phenoxy) is 2. The number of anilines is 1. The van der Waals surface area contributed by atoms with E-state index in [0.717, 1.165) is 22.8 Å². The molecule has 1 aliphatic rings. The van der Waals surface area contributed by atoms with Crippen LogP contribution in [0.3, 0.4) is 0 Å². The van der Waals surface area contributed by atoms with Crippen molar-refractivity contribution in [3.8, 4) is 11.1 Å². The van der Waals surface area contributed by atoms with Crippen LogP contribution in [-0.2, 0) is 19.3 Å². The first-order valence-corrected chi connectivity index (χ1v) is 11.2. The van der Waals surface area contributed by atoms with Crippen LogP contribution >= 0.6 is 0 Å². The van der Waals surface area contributed by atoms with E-state index in [1.807, 2.05) is 6.07 Å². The second kappa shape index (κ2) is 6.43. The molecule has 9 heteroatoms. The van der Waals surface area contributed by atoms with E-state index in [1.165, 1.54) is 6.07 Å². The Labute approximate surface area is 171 Å². The molecule has 5 rings (SSSR count). The summed E-state index contributed by atoms with van der Waals surface area (Å²) in [6.07, 6.45) is 2.01. The van der Waals surface area contributed by atoms with E-state index in [-0.39, 0.29) is 16.7 Å². The van der Waals surface area contributed by atoms with Gasteiger partial charge in [-0.2, -0.15) is 0 Å². The van der Waals surface area contributed by atoms with Crippen LogP contribution in [0.5, 0.6) is 0 Å². The Kier molecular flexibility index (Phi) is 4.04. The van der Waals surface area contributed by atoms with E-state index in [9.17, 15) is 13.2 Å². The monoisotopic (exact) mass is 425 g/mol. The maximum atomic E-state index is 12.5. The van der Waals surface area contributed by atoms with Crippen molar-refractivity contribution in [2.75, 3.05) is 12.0 Å². The zero-order chi connectivity index (χ0) is 21.2. The molecule has 4 aromatic rings. The summed E-state index contributed by atoms with van der Waals surface area (Å²) in [6, 6.07) is 10.1. The average molecular weight is 425 g/mol. The van der Waals surface area contributed by atoms with E-state index in [1.54, 1.807) is 37.4 Å². The predicted octanol–water partition coefficient (Wildman–Crippen LogP) is 3.05. The molecule has 0 bridgehead atoms. The standard InChI is InChI=1S/C21H19N3O5S/c1-10-28-21(29-10)15-9-23-19-18(15)14-7-11(3-6-17(14)24-20(19)25)13-8-12(30(2,26)27)4-5-16(13)22/h3-10,21,23H,22H2,1-2H3,(H,24,25). The Bertz CT molecular complexity index is 1480. The highest BCUT2D eigenvalue weighted by Gasteiger charge is 2.31. The fraction of sp³-hybridized carbons (Fsp3) is 0.190. The van der Waals surface area contributed by atoms with Gasteiger partial charge in [0.05, 0.1) is 4.90 Å². The molecule has 0 spiro atoms. The van der Waals surface area contributed by atoms with E-state index in [0.29, 0.717) is 27.7 Å². The third-order valence-electron chi connectivity index (χ3n) is 5.32. The third-order valence-corrected chi connectivity index (χ3v) is 6.43. The maximum Gasteiger partial charge on any atom is 0.272 e. The van der Waals surface area contributed by atoms with Gasteiger partial charge in [0.15, 0.2) is 22.4 Å². The molecule has 4 N–H and O–H groups in total. The Morgan fingerprint density at radius 1 is 1.10 bits per heavy atom. The van der Waals surface area contributed by atoms with Gasteiger partial charge >= 0.3 is 0 Å². The molecule has 0 aliphatic carbocycles. The molecular weight excluding hydrogens is 406 g/mol. The summed E-state index contributed by atoms with van der Waals surface area (Å²) in [6.45, 7) is 1.80. The first kappa shape index (κ1) is 18.9. The van der Waals surface area contributed by atoms with Gasteiger partial charge in [0.25, 0.3) is 5.56 Å². The smallest absolute Gasteiger partial charge is 0.272 e. The number of pyridine rings is 1. The quantitative estimate of drug-likeness (QED) is 0.433. The van der Waals surface area contributed by atoms with Crippen LogP contribution in [0.1, 0.15) is 18.8 Å². The molecular formula is C21H19N3O5S. The summed E-state index contributed by atoms with van der Waals surface area (Å²) < 4.78 is 35.2. The molecule has 2 aromatic heterocycles. The number of nitrogen functional groups attached to an aromatic ring is 1. The number of aromatic nitrogens is 2. The lowest BCUT2D eigenvalue weighted by atomic mass is 9.99. The zero-order valence-corrected chi connectivity index (χ0v) is 17.0. The van der Waals surface area contributed by atoms with E-state index >= 15 is 0 Å². The largest absolute Gasteiger partial charge is 0.398 e. The van der Waals surface area contributed by atoms with Gasteiger partial charge in [-0.3, -0.25) is 4.79 Å². The van der Waals surface area contributed by atoms with Crippen molar-refractivity contribution >= 4 is 37.3 Å². The highest BCUT2D eigenvalue weighted by Crippen LogP contribution is 2.39. The molecule has 154 valence electrons. The second-order valence-corrected chi connectivity index (χ2v) is 9.42. The van der Waals surface area contributed by atoms with Crippen molar-refractivity contribution < 1.29 is 17.9 Å². The Balaban J connectivity index is 1.77. The number of nitrogens with one attached hydrogen (secondary N) is 2. The first-order chi connectivity index (χ1) is 14.2. The van der Waals surface area contributed by atoms with Crippen molar-refractivity contribution in [1.29, 1.82) is 0 Å². The molecule has 0 saturated carbocycles. The maximum absolute atomic E-state index is 12.5. The van der Waals surface area contributed by atoms with Gasteiger partial charge in [0, 0.05) is 45.6 Å². The molecule has 0 radical (unpaired) electrons. The third kappa shape index (κ3) is 2.90. The van der Waals surface area contributed by atoms with Gasteiger partial charge < -0.3 is 25.2 Å². The minimum atomic E-state index is -3.38. The summed E-state index contributed by atoms with van der Waals surface area (Å²) in [5, 5.41) is 1.47. The van der Waals surface area contributed by atoms with Crippen molar-refractivity contribution in [1.82, 2.24) is 9.97 Å². The Morgan fingerprint density at radius 2 is 1.87 bits per heavy atom. The van der Waals surface area contributed by atoms with Gasteiger partial charge in [-0.05, 0) is 42.8 Å². The molecule has 8 nitrogen and oxygen atoms in total. The summed E-state index contributed by atoms with van der Waals surface area (Å²) >= 11 is 0. The first-order valence-electron chi connectivity index (χ1n) is 9.30. The lowest BCUT2D eigenvalue weighted by molar-refractivity contribution is -0.382. The number of hydrogen-bond acceptors (Lipinski definition) is 6. The number of aromatic amines is 2. The van der Waals surface area contributed by atoms with Crippen LogP contribution in [0, 0.1) is 0 Å². The number of rotatable bonds is 3. The molecule has 0 unspecified atom stereocenters. The molecule has 30 heavy (non-hydrogen) atoms. The summed E-state index contributed by atoms with van der Waals surface area (Å²) in [5.41, 5.74) is 9.48. The summed E-state index contributed by atoms with van der Waals surface area (Å²) in [5.74, 6) is 0. The van der Waals surface area contributed by atoms with Crippen LogP contribution in [0.2, 0.25) is 0 Å². The lowest BCUT2D eigenvalue weighted by Crippen LogP contribution is -2.31. The summed E-state index contributed by atoms with van der Waals surface area (Å²) in [7, 11) is -3.38. The highest BCUT2D eigenvalue weighted by atomic mass is 32.2. The van der Waals surface area contributed by atoms with Crippen molar-refractivity contribution in [2.24, 2.45) is 0 Å². The van der Waals surface area contributed by atoms with Gasteiger partial charge in [-0.15, -0.1) is 0 Å².